The lowest BCUT2D eigenvalue weighted by molar-refractivity contribution is -0.182. The van der Waals surface area contributed by atoms with Crippen LogP contribution in [-0.2, 0) is 14.3 Å². The smallest absolute Gasteiger partial charge is 0.157 e. The number of ether oxygens (including phenoxy) is 2. The monoisotopic (exact) mass is 270 g/mol. The molecule has 2 atom stereocenters. The average Bonchev–Trinajstić information content (AvgIpc) is 2.76. The lowest BCUT2D eigenvalue weighted by Crippen LogP contribution is -2.28. The molecule has 3 heterocycles. The molecular weight excluding hydrogens is 248 g/mol. The van der Waals surface area contributed by atoms with Crippen LogP contribution in [0.4, 0.5) is 0 Å². The minimum atomic E-state index is -0.127. The van der Waals surface area contributed by atoms with Crippen LogP contribution < -0.4 is 0 Å². The van der Waals surface area contributed by atoms with Gasteiger partial charge in [-0.15, -0.1) is 0 Å². The molecule has 4 heteroatoms. The Morgan fingerprint density at radius 2 is 1.78 bits per heavy atom. The van der Waals surface area contributed by atoms with Crippen LogP contribution >= 0.6 is 11.8 Å². The summed E-state index contributed by atoms with van der Waals surface area (Å²) in [4.78, 5) is 12.2. The van der Waals surface area contributed by atoms with Crippen LogP contribution in [0.25, 0.3) is 0 Å². The van der Waals surface area contributed by atoms with Crippen LogP contribution in [0.2, 0.25) is 0 Å². The Morgan fingerprint density at radius 3 is 2.44 bits per heavy atom. The van der Waals surface area contributed by atoms with Gasteiger partial charge in [-0.05, 0) is 32.1 Å². The summed E-state index contributed by atoms with van der Waals surface area (Å²) in [5.74, 6) is 0.775. The van der Waals surface area contributed by atoms with E-state index in [1.807, 2.05) is 0 Å². The third-order valence-corrected chi connectivity index (χ3v) is 5.89. The lowest BCUT2D eigenvalue weighted by atomic mass is 9.92. The lowest BCUT2D eigenvalue weighted by Gasteiger charge is -2.27. The molecule has 0 aromatic carbocycles. The van der Waals surface area contributed by atoms with Gasteiger partial charge in [0.2, 0.25) is 0 Å². The molecule has 0 N–H and O–H groups in total. The number of carbonyl (C=O) groups excluding carboxylic acids is 1. The molecule has 2 bridgehead atoms. The summed E-state index contributed by atoms with van der Waals surface area (Å²) < 4.78 is 11.0. The van der Waals surface area contributed by atoms with Crippen LogP contribution in [0.5, 0.6) is 0 Å². The second kappa shape index (κ2) is 5.93. The van der Waals surface area contributed by atoms with Crippen LogP contribution in [0.3, 0.4) is 0 Å². The molecule has 3 nitrogen and oxygen atoms in total. The van der Waals surface area contributed by atoms with Gasteiger partial charge >= 0.3 is 0 Å². The van der Waals surface area contributed by atoms with Gasteiger partial charge in [0.05, 0.1) is 13.2 Å². The van der Waals surface area contributed by atoms with Gasteiger partial charge < -0.3 is 9.47 Å². The predicted molar refractivity (Wildman–Crippen MR) is 71.7 cm³/mol. The van der Waals surface area contributed by atoms with E-state index in [4.69, 9.17) is 9.47 Å². The number of ketones is 1. The minimum absolute atomic E-state index is 0.127. The Bertz CT molecular complexity index is 289. The number of fused-ring (bicyclic) bond motifs is 2. The van der Waals surface area contributed by atoms with E-state index in [0.29, 0.717) is 18.1 Å². The first-order valence-corrected chi connectivity index (χ1v) is 8.17. The first-order valence-electron chi connectivity index (χ1n) is 7.22. The Morgan fingerprint density at radius 1 is 1.11 bits per heavy atom. The molecule has 0 spiro atoms. The van der Waals surface area contributed by atoms with Crippen molar-refractivity contribution in [2.24, 2.45) is 5.92 Å². The van der Waals surface area contributed by atoms with Gasteiger partial charge in [-0.25, -0.2) is 0 Å². The largest absolute Gasteiger partial charge is 0.353 e. The summed E-state index contributed by atoms with van der Waals surface area (Å²) in [6, 6.07) is 0. The van der Waals surface area contributed by atoms with Crippen LogP contribution in [0.15, 0.2) is 0 Å². The van der Waals surface area contributed by atoms with Crippen LogP contribution in [-0.4, -0.2) is 35.8 Å². The highest BCUT2D eigenvalue weighted by Crippen LogP contribution is 2.46. The van der Waals surface area contributed by atoms with Gasteiger partial charge in [-0.1, -0.05) is 0 Å². The molecule has 18 heavy (non-hydrogen) atoms. The van der Waals surface area contributed by atoms with E-state index in [2.05, 4.69) is 11.8 Å². The molecule has 3 aliphatic heterocycles. The van der Waals surface area contributed by atoms with Gasteiger partial charge in [0.15, 0.2) is 6.29 Å². The van der Waals surface area contributed by atoms with Crippen LogP contribution in [0.1, 0.15) is 44.9 Å². The molecule has 0 aliphatic carbocycles. The molecule has 102 valence electrons. The summed E-state index contributed by atoms with van der Waals surface area (Å²) in [6.45, 7) is 1.56. The molecule has 3 fully saturated rings. The zero-order valence-electron chi connectivity index (χ0n) is 10.8. The van der Waals surface area contributed by atoms with Gasteiger partial charge in [0, 0.05) is 29.3 Å². The quantitative estimate of drug-likeness (QED) is 0.787. The van der Waals surface area contributed by atoms with E-state index >= 15 is 0 Å². The third-order valence-electron chi connectivity index (χ3n) is 4.27. The fourth-order valence-corrected chi connectivity index (χ4v) is 5.06. The van der Waals surface area contributed by atoms with Crippen molar-refractivity contribution in [2.45, 2.75) is 61.7 Å². The number of Topliss-reactive ketones (excluding diaryl/α,β-unsaturated/α-hetero) is 1. The fraction of sp³-hybridized carbons (Fsp3) is 0.929. The minimum Gasteiger partial charge on any atom is -0.353 e. The van der Waals surface area contributed by atoms with Crippen molar-refractivity contribution >= 4 is 17.5 Å². The Kier molecular flexibility index (Phi) is 4.27. The summed E-state index contributed by atoms with van der Waals surface area (Å²) in [5, 5.41) is 1.53. The van der Waals surface area contributed by atoms with Gasteiger partial charge in [-0.3, -0.25) is 4.79 Å². The maximum atomic E-state index is 12.2. The fourth-order valence-electron chi connectivity index (χ4n) is 3.29. The molecular formula is C14H22O3S. The second-order valence-corrected chi connectivity index (χ2v) is 7.26. The van der Waals surface area contributed by atoms with Crippen molar-refractivity contribution in [1.29, 1.82) is 0 Å². The first kappa shape index (κ1) is 12.9. The van der Waals surface area contributed by atoms with Crippen molar-refractivity contribution in [2.75, 3.05) is 13.2 Å². The SMILES string of the molecule is O=C(CCC1OCCCO1)C1CC2CCC(C1)S2. The Balaban J connectivity index is 1.43. The number of rotatable bonds is 4. The number of hydrogen-bond acceptors (Lipinski definition) is 4. The van der Waals surface area contributed by atoms with E-state index in [1.165, 1.54) is 12.8 Å². The van der Waals surface area contributed by atoms with E-state index in [9.17, 15) is 4.79 Å². The van der Waals surface area contributed by atoms with E-state index in [1.54, 1.807) is 0 Å². The Labute approximate surface area is 113 Å². The van der Waals surface area contributed by atoms with Crippen molar-refractivity contribution in [3.8, 4) is 0 Å². The summed E-state index contributed by atoms with van der Waals surface area (Å²) in [5.41, 5.74) is 0. The second-order valence-electron chi connectivity index (χ2n) is 5.66. The zero-order valence-corrected chi connectivity index (χ0v) is 11.6. The maximum absolute atomic E-state index is 12.2. The van der Waals surface area contributed by atoms with Crippen molar-refractivity contribution in [3.05, 3.63) is 0 Å². The number of carbonyl (C=O) groups is 1. The van der Waals surface area contributed by atoms with Gasteiger partial charge in [0.1, 0.15) is 5.78 Å². The normalized spacial score (nSPS) is 36.8. The summed E-state index contributed by atoms with van der Waals surface area (Å²) >= 11 is 2.12. The third kappa shape index (κ3) is 3.09. The summed E-state index contributed by atoms with van der Waals surface area (Å²) in [7, 11) is 0. The van der Waals surface area contributed by atoms with Gasteiger partial charge in [-0.2, -0.15) is 11.8 Å². The molecule has 3 aliphatic rings. The molecule has 2 unspecified atom stereocenters. The molecule has 0 radical (unpaired) electrons. The topological polar surface area (TPSA) is 35.5 Å². The standard InChI is InChI=1S/C14H22O3S/c15-13(4-5-14-16-6-1-7-17-14)10-8-11-2-3-12(9-10)18-11/h10-12,14H,1-9H2. The van der Waals surface area contributed by atoms with Crippen LogP contribution in [0, 0.1) is 5.92 Å². The zero-order chi connectivity index (χ0) is 12.4. The van der Waals surface area contributed by atoms with Crippen molar-refractivity contribution < 1.29 is 14.3 Å². The molecule has 0 aromatic heterocycles. The average molecular weight is 270 g/mol. The summed E-state index contributed by atoms with van der Waals surface area (Å²) in [6.07, 6.45) is 7.13. The first-order chi connectivity index (χ1) is 8.81. The molecule has 3 rings (SSSR count). The van der Waals surface area contributed by atoms with E-state index in [0.717, 1.165) is 49.4 Å². The number of thioether (sulfide) groups is 1. The molecule has 0 amide bonds. The molecule has 3 saturated heterocycles. The Hall–Kier alpha value is -0.0600. The van der Waals surface area contributed by atoms with Crippen molar-refractivity contribution in [1.82, 2.24) is 0 Å². The molecule has 0 aromatic rings. The highest BCUT2D eigenvalue weighted by molar-refractivity contribution is 8.00. The number of hydrogen-bond donors (Lipinski definition) is 0. The maximum Gasteiger partial charge on any atom is 0.157 e. The van der Waals surface area contributed by atoms with Gasteiger partial charge in [0.25, 0.3) is 0 Å². The highest BCUT2D eigenvalue weighted by atomic mass is 32.2. The highest BCUT2D eigenvalue weighted by Gasteiger charge is 2.37. The van der Waals surface area contributed by atoms with E-state index < -0.39 is 0 Å². The van der Waals surface area contributed by atoms with E-state index in [-0.39, 0.29) is 6.29 Å². The van der Waals surface area contributed by atoms with Crippen molar-refractivity contribution in [3.63, 3.8) is 0 Å². The molecule has 0 saturated carbocycles. The predicted octanol–water partition coefficient (Wildman–Crippen LogP) is 2.77.